The van der Waals surface area contributed by atoms with Gasteiger partial charge in [0.15, 0.2) is 11.6 Å². The molecule has 116 valence electrons. The molecule has 0 spiro atoms. The first-order valence-electron chi connectivity index (χ1n) is 6.74. The first-order valence-corrected chi connectivity index (χ1v) is 6.74. The number of carbonyl (C=O) groups excluding carboxylic acids is 1. The highest BCUT2D eigenvalue weighted by atomic mass is 19.2. The van der Waals surface area contributed by atoms with Gasteiger partial charge in [-0.1, -0.05) is 18.2 Å². The minimum atomic E-state index is -1.07. The van der Waals surface area contributed by atoms with E-state index in [0.29, 0.717) is 10.8 Å². The van der Waals surface area contributed by atoms with Gasteiger partial charge < -0.3 is 5.32 Å². The zero-order valence-electron chi connectivity index (χ0n) is 11.8. The van der Waals surface area contributed by atoms with Crippen LogP contribution in [0, 0.1) is 11.6 Å². The number of nitrogens with one attached hydrogen (secondary N) is 1. The SMILES string of the molecule is O=C(Cn1ncc2ccccc2c1=O)Nc1ccc(F)c(F)c1. The Morgan fingerprint density at radius 2 is 1.91 bits per heavy atom. The lowest BCUT2D eigenvalue weighted by atomic mass is 10.2. The van der Waals surface area contributed by atoms with Crippen molar-refractivity contribution in [1.82, 2.24) is 9.78 Å². The maximum absolute atomic E-state index is 13.1. The van der Waals surface area contributed by atoms with E-state index in [0.717, 1.165) is 16.8 Å². The number of carbonyl (C=O) groups is 1. The molecule has 23 heavy (non-hydrogen) atoms. The van der Waals surface area contributed by atoms with Crippen LogP contribution in [0.25, 0.3) is 10.8 Å². The third-order valence-electron chi connectivity index (χ3n) is 3.26. The molecule has 3 rings (SSSR count). The van der Waals surface area contributed by atoms with Crippen LogP contribution < -0.4 is 10.9 Å². The number of hydrogen-bond acceptors (Lipinski definition) is 3. The monoisotopic (exact) mass is 315 g/mol. The largest absolute Gasteiger partial charge is 0.324 e. The predicted molar refractivity (Wildman–Crippen MR) is 81.0 cm³/mol. The van der Waals surface area contributed by atoms with E-state index < -0.39 is 23.1 Å². The van der Waals surface area contributed by atoms with Gasteiger partial charge in [-0.15, -0.1) is 0 Å². The van der Waals surface area contributed by atoms with Crippen molar-refractivity contribution in [1.29, 1.82) is 0 Å². The van der Waals surface area contributed by atoms with Crippen molar-refractivity contribution in [2.45, 2.75) is 6.54 Å². The van der Waals surface area contributed by atoms with Crippen molar-refractivity contribution in [2.75, 3.05) is 5.32 Å². The fourth-order valence-electron chi connectivity index (χ4n) is 2.15. The molecule has 0 aliphatic rings. The fourth-order valence-corrected chi connectivity index (χ4v) is 2.15. The Balaban J connectivity index is 1.81. The van der Waals surface area contributed by atoms with E-state index in [1.54, 1.807) is 24.3 Å². The van der Waals surface area contributed by atoms with E-state index in [9.17, 15) is 18.4 Å². The number of rotatable bonds is 3. The van der Waals surface area contributed by atoms with E-state index in [1.807, 2.05) is 0 Å². The molecule has 0 saturated heterocycles. The normalized spacial score (nSPS) is 10.7. The van der Waals surface area contributed by atoms with Crippen LogP contribution >= 0.6 is 0 Å². The summed E-state index contributed by atoms with van der Waals surface area (Å²) in [5.41, 5.74) is -0.300. The number of aromatic nitrogens is 2. The van der Waals surface area contributed by atoms with Crippen LogP contribution in [0.4, 0.5) is 14.5 Å². The third-order valence-corrected chi connectivity index (χ3v) is 3.26. The molecule has 0 aliphatic heterocycles. The predicted octanol–water partition coefficient (Wildman–Crippen LogP) is 2.31. The quantitative estimate of drug-likeness (QED) is 0.807. The topological polar surface area (TPSA) is 64.0 Å². The number of anilines is 1. The zero-order chi connectivity index (χ0) is 16.4. The van der Waals surface area contributed by atoms with Crippen LogP contribution in [0.5, 0.6) is 0 Å². The second-order valence-electron chi connectivity index (χ2n) is 4.87. The van der Waals surface area contributed by atoms with Gasteiger partial charge in [-0.3, -0.25) is 9.59 Å². The second kappa shape index (κ2) is 5.96. The maximum Gasteiger partial charge on any atom is 0.275 e. The van der Waals surface area contributed by atoms with E-state index in [-0.39, 0.29) is 12.2 Å². The number of amides is 1. The highest BCUT2D eigenvalue weighted by Gasteiger charge is 2.10. The first kappa shape index (κ1) is 14.8. The van der Waals surface area contributed by atoms with Crippen LogP contribution in [-0.4, -0.2) is 15.7 Å². The summed E-state index contributed by atoms with van der Waals surface area (Å²) in [5.74, 6) is -2.64. The lowest BCUT2D eigenvalue weighted by Gasteiger charge is -2.07. The van der Waals surface area contributed by atoms with Gasteiger partial charge in [0.25, 0.3) is 5.56 Å². The highest BCUT2D eigenvalue weighted by Crippen LogP contribution is 2.13. The summed E-state index contributed by atoms with van der Waals surface area (Å²) in [5, 5.41) is 7.44. The highest BCUT2D eigenvalue weighted by molar-refractivity contribution is 5.90. The molecule has 7 heteroatoms. The van der Waals surface area contributed by atoms with Crippen molar-refractivity contribution in [3.05, 3.63) is 70.6 Å². The average molecular weight is 315 g/mol. The van der Waals surface area contributed by atoms with E-state index in [2.05, 4.69) is 10.4 Å². The summed E-state index contributed by atoms with van der Waals surface area (Å²) in [6.45, 7) is -0.331. The van der Waals surface area contributed by atoms with E-state index in [1.165, 1.54) is 12.3 Å². The van der Waals surface area contributed by atoms with Gasteiger partial charge in [0.1, 0.15) is 6.54 Å². The minimum absolute atomic E-state index is 0.0998. The molecule has 0 radical (unpaired) electrons. The van der Waals surface area contributed by atoms with Crippen molar-refractivity contribution >= 4 is 22.4 Å². The van der Waals surface area contributed by atoms with Gasteiger partial charge in [-0.2, -0.15) is 5.10 Å². The van der Waals surface area contributed by atoms with Gasteiger partial charge in [0.05, 0.1) is 11.6 Å². The molecule has 1 heterocycles. The lowest BCUT2D eigenvalue weighted by molar-refractivity contribution is -0.117. The van der Waals surface area contributed by atoms with Crippen LogP contribution in [0.15, 0.2) is 53.5 Å². The standard InChI is InChI=1S/C16H11F2N3O2/c17-13-6-5-11(7-14(13)18)20-15(22)9-21-16(23)12-4-2-1-3-10(12)8-19-21/h1-8H,9H2,(H,20,22). The summed E-state index contributed by atoms with van der Waals surface area (Å²) in [7, 11) is 0. The Kier molecular flexibility index (Phi) is 3.84. The van der Waals surface area contributed by atoms with Gasteiger partial charge in [-0.25, -0.2) is 13.5 Å². The number of fused-ring (bicyclic) bond motifs is 1. The Bertz CT molecular complexity index is 953. The van der Waals surface area contributed by atoms with E-state index >= 15 is 0 Å². The average Bonchev–Trinajstić information content (AvgIpc) is 2.54. The Morgan fingerprint density at radius 1 is 1.13 bits per heavy atom. The number of nitrogens with zero attached hydrogens (tertiary/aromatic N) is 2. The second-order valence-corrected chi connectivity index (χ2v) is 4.87. The molecule has 0 atom stereocenters. The zero-order valence-corrected chi connectivity index (χ0v) is 11.8. The van der Waals surface area contributed by atoms with Crippen LogP contribution in [-0.2, 0) is 11.3 Å². The third kappa shape index (κ3) is 3.08. The summed E-state index contributed by atoms with van der Waals surface area (Å²) in [6, 6.07) is 9.89. The number of halogens is 2. The first-order chi connectivity index (χ1) is 11.0. The molecule has 3 aromatic rings. The fraction of sp³-hybridized carbons (Fsp3) is 0.0625. The molecular formula is C16H11F2N3O2. The van der Waals surface area contributed by atoms with Gasteiger partial charge in [0, 0.05) is 17.1 Å². The molecule has 0 fully saturated rings. The molecule has 1 aromatic heterocycles. The summed E-state index contributed by atoms with van der Waals surface area (Å²) in [4.78, 5) is 24.2. The van der Waals surface area contributed by atoms with E-state index in [4.69, 9.17) is 0 Å². The molecule has 1 amide bonds. The molecule has 0 unspecified atom stereocenters. The molecule has 2 aromatic carbocycles. The maximum atomic E-state index is 13.1. The number of benzene rings is 2. The van der Waals surface area contributed by atoms with Crippen molar-refractivity contribution in [3.63, 3.8) is 0 Å². The van der Waals surface area contributed by atoms with Crippen LogP contribution in [0.2, 0.25) is 0 Å². The number of hydrogen-bond donors (Lipinski definition) is 1. The van der Waals surface area contributed by atoms with Gasteiger partial charge in [0.2, 0.25) is 5.91 Å². The van der Waals surface area contributed by atoms with Crippen LogP contribution in [0.1, 0.15) is 0 Å². The minimum Gasteiger partial charge on any atom is -0.324 e. The summed E-state index contributed by atoms with van der Waals surface area (Å²) >= 11 is 0. The van der Waals surface area contributed by atoms with Crippen molar-refractivity contribution in [2.24, 2.45) is 0 Å². The molecule has 1 N–H and O–H groups in total. The van der Waals surface area contributed by atoms with Crippen molar-refractivity contribution in [3.8, 4) is 0 Å². The smallest absolute Gasteiger partial charge is 0.275 e. The molecule has 0 bridgehead atoms. The lowest BCUT2D eigenvalue weighted by Crippen LogP contribution is -2.29. The molecule has 0 aliphatic carbocycles. The van der Waals surface area contributed by atoms with Crippen molar-refractivity contribution < 1.29 is 13.6 Å². The molecular weight excluding hydrogens is 304 g/mol. The Morgan fingerprint density at radius 3 is 2.70 bits per heavy atom. The van der Waals surface area contributed by atoms with Gasteiger partial charge in [-0.05, 0) is 18.2 Å². The Hall–Kier alpha value is -3.09. The molecule has 5 nitrogen and oxygen atoms in total. The molecule has 0 saturated carbocycles. The Labute approximate surface area is 129 Å². The summed E-state index contributed by atoms with van der Waals surface area (Å²) in [6.07, 6.45) is 1.49. The summed E-state index contributed by atoms with van der Waals surface area (Å²) < 4.78 is 27.0. The van der Waals surface area contributed by atoms with Gasteiger partial charge >= 0.3 is 0 Å². The van der Waals surface area contributed by atoms with Crippen LogP contribution in [0.3, 0.4) is 0 Å².